The van der Waals surface area contributed by atoms with Crippen LogP contribution in [0.2, 0.25) is 0 Å². The average molecular weight is 339 g/mol. The van der Waals surface area contributed by atoms with Gasteiger partial charge in [0.25, 0.3) is 6.01 Å². The first-order valence-corrected chi connectivity index (χ1v) is 8.99. The Morgan fingerprint density at radius 2 is 2.08 bits per heavy atom. The number of benzene rings is 1. The van der Waals surface area contributed by atoms with Crippen molar-refractivity contribution >= 4 is 28.7 Å². The topological polar surface area (TPSA) is 67.6 Å². The molecule has 130 valence electrons. The summed E-state index contributed by atoms with van der Waals surface area (Å²) in [4.78, 5) is 19.2. The molecule has 1 aromatic heterocycles. The Balaban J connectivity index is 1.33. The molecular weight excluding hydrogens is 318 g/mol. The Kier molecular flexibility index (Phi) is 3.52. The highest BCUT2D eigenvalue weighted by molar-refractivity contribution is 5.95. The summed E-state index contributed by atoms with van der Waals surface area (Å²) in [5.41, 5.74) is 2.28. The number of oxazole rings is 1. The fourth-order valence-corrected chi connectivity index (χ4v) is 4.20. The Morgan fingerprint density at radius 3 is 2.84 bits per heavy atom. The van der Waals surface area contributed by atoms with Gasteiger partial charge in [-0.1, -0.05) is 12.2 Å². The van der Waals surface area contributed by atoms with Crippen molar-refractivity contribution < 1.29 is 13.9 Å². The average Bonchev–Trinajstić information content (AvgIpc) is 3.37. The standard InChI is InChI=1S/C19H21N3O3/c23-18(15-10-12-1-2-13(15)9-12)20-14-3-4-16-17(11-14)25-19(21-16)22-5-7-24-8-6-22/h1-4,11-13,15H,5-10H2,(H,20,23)/t12-,13-,15+/m0/s1. The largest absolute Gasteiger partial charge is 0.423 e. The summed E-state index contributed by atoms with van der Waals surface area (Å²) in [6.45, 7) is 2.96. The number of allylic oxidation sites excluding steroid dienone is 2. The summed E-state index contributed by atoms with van der Waals surface area (Å²) in [6.07, 6.45) is 6.55. The molecule has 6 nitrogen and oxygen atoms in total. The van der Waals surface area contributed by atoms with Gasteiger partial charge in [-0.15, -0.1) is 0 Å². The van der Waals surface area contributed by atoms with Gasteiger partial charge in [-0.25, -0.2) is 0 Å². The van der Waals surface area contributed by atoms with E-state index >= 15 is 0 Å². The van der Waals surface area contributed by atoms with E-state index in [4.69, 9.17) is 9.15 Å². The fraction of sp³-hybridized carbons (Fsp3) is 0.474. The Bertz CT molecular complexity index is 838. The monoisotopic (exact) mass is 339 g/mol. The minimum atomic E-state index is 0.101. The van der Waals surface area contributed by atoms with Gasteiger partial charge in [-0.2, -0.15) is 4.98 Å². The second-order valence-corrected chi connectivity index (χ2v) is 7.15. The first kappa shape index (κ1) is 15.0. The number of aromatic nitrogens is 1. The van der Waals surface area contributed by atoms with Crippen LogP contribution in [0, 0.1) is 17.8 Å². The van der Waals surface area contributed by atoms with E-state index in [1.807, 2.05) is 18.2 Å². The first-order valence-electron chi connectivity index (χ1n) is 8.99. The number of carbonyl (C=O) groups is 1. The molecule has 0 radical (unpaired) electrons. The number of hydrogen-bond acceptors (Lipinski definition) is 5. The van der Waals surface area contributed by atoms with Crippen molar-refractivity contribution in [3.63, 3.8) is 0 Å². The van der Waals surface area contributed by atoms with Crippen molar-refractivity contribution in [3.05, 3.63) is 30.4 Å². The third kappa shape index (κ3) is 2.70. The van der Waals surface area contributed by atoms with Crippen LogP contribution in [0.4, 0.5) is 11.7 Å². The zero-order chi connectivity index (χ0) is 16.8. The number of nitrogens with one attached hydrogen (secondary N) is 1. The van der Waals surface area contributed by atoms with E-state index in [0.29, 0.717) is 36.6 Å². The number of ether oxygens (including phenoxy) is 1. The van der Waals surface area contributed by atoms with E-state index in [9.17, 15) is 4.79 Å². The number of amides is 1. The van der Waals surface area contributed by atoms with Crippen LogP contribution in [-0.2, 0) is 9.53 Å². The molecule has 1 aliphatic heterocycles. The molecule has 1 N–H and O–H groups in total. The molecule has 2 heterocycles. The van der Waals surface area contributed by atoms with Crippen molar-refractivity contribution in [1.29, 1.82) is 0 Å². The molecule has 1 saturated heterocycles. The molecule has 1 amide bonds. The highest BCUT2D eigenvalue weighted by Crippen LogP contribution is 2.43. The molecule has 3 aliphatic rings. The van der Waals surface area contributed by atoms with Crippen LogP contribution in [0.5, 0.6) is 0 Å². The van der Waals surface area contributed by atoms with E-state index in [0.717, 1.165) is 37.1 Å². The molecule has 1 saturated carbocycles. The van der Waals surface area contributed by atoms with Gasteiger partial charge in [0.2, 0.25) is 5.91 Å². The third-order valence-electron chi connectivity index (χ3n) is 5.54. The zero-order valence-corrected chi connectivity index (χ0v) is 14.0. The molecular formula is C19H21N3O3. The summed E-state index contributed by atoms with van der Waals surface area (Å²) in [7, 11) is 0. The summed E-state index contributed by atoms with van der Waals surface area (Å²) in [5, 5.41) is 3.06. The predicted molar refractivity (Wildman–Crippen MR) is 94.5 cm³/mol. The molecule has 5 rings (SSSR count). The second kappa shape index (κ2) is 5.88. The van der Waals surface area contributed by atoms with Gasteiger partial charge in [0.15, 0.2) is 5.58 Å². The van der Waals surface area contributed by atoms with Gasteiger partial charge in [-0.05, 0) is 36.8 Å². The molecule has 25 heavy (non-hydrogen) atoms. The number of anilines is 2. The van der Waals surface area contributed by atoms with Crippen LogP contribution in [0.15, 0.2) is 34.8 Å². The van der Waals surface area contributed by atoms with E-state index < -0.39 is 0 Å². The zero-order valence-electron chi connectivity index (χ0n) is 14.0. The Morgan fingerprint density at radius 1 is 1.20 bits per heavy atom. The van der Waals surface area contributed by atoms with Gasteiger partial charge in [-0.3, -0.25) is 4.79 Å². The van der Waals surface area contributed by atoms with Crippen molar-refractivity contribution in [2.45, 2.75) is 12.8 Å². The quantitative estimate of drug-likeness (QED) is 0.871. The number of fused-ring (bicyclic) bond motifs is 3. The molecule has 2 fully saturated rings. The van der Waals surface area contributed by atoms with Crippen LogP contribution in [0.1, 0.15) is 12.8 Å². The summed E-state index contributed by atoms with van der Waals surface area (Å²) in [5.74, 6) is 1.22. The maximum atomic E-state index is 12.6. The minimum absolute atomic E-state index is 0.101. The second-order valence-electron chi connectivity index (χ2n) is 7.15. The molecule has 2 aliphatic carbocycles. The van der Waals surface area contributed by atoms with Crippen LogP contribution >= 0.6 is 0 Å². The number of carbonyl (C=O) groups excluding carboxylic acids is 1. The van der Waals surface area contributed by atoms with Crippen LogP contribution < -0.4 is 10.2 Å². The summed E-state index contributed by atoms with van der Waals surface area (Å²) >= 11 is 0. The van der Waals surface area contributed by atoms with Gasteiger partial charge in [0, 0.05) is 30.8 Å². The molecule has 1 aromatic carbocycles. The lowest BCUT2D eigenvalue weighted by Crippen LogP contribution is -2.36. The third-order valence-corrected chi connectivity index (χ3v) is 5.54. The van der Waals surface area contributed by atoms with Crippen LogP contribution in [-0.4, -0.2) is 37.2 Å². The van der Waals surface area contributed by atoms with Gasteiger partial charge in [0.05, 0.1) is 13.2 Å². The highest BCUT2D eigenvalue weighted by Gasteiger charge is 2.39. The van der Waals surface area contributed by atoms with Crippen molar-refractivity contribution in [1.82, 2.24) is 4.98 Å². The summed E-state index contributed by atoms with van der Waals surface area (Å²) < 4.78 is 11.3. The highest BCUT2D eigenvalue weighted by atomic mass is 16.5. The van der Waals surface area contributed by atoms with E-state index in [1.54, 1.807) is 0 Å². The molecule has 6 heteroatoms. The number of nitrogens with zero attached hydrogens (tertiary/aromatic N) is 2. The maximum absolute atomic E-state index is 12.6. The molecule has 0 spiro atoms. The Labute approximate surface area is 145 Å². The van der Waals surface area contributed by atoms with Crippen molar-refractivity contribution in [3.8, 4) is 0 Å². The SMILES string of the molecule is O=C(Nc1ccc2nc(N3CCOCC3)oc2c1)[C@@H]1C[C@H]2C=C[C@H]1C2. The van der Waals surface area contributed by atoms with E-state index in [-0.39, 0.29) is 11.8 Å². The minimum Gasteiger partial charge on any atom is -0.423 e. The smallest absolute Gasteiger partial charge is 0.298 e. The predicted octanol–water partition coefficient (Wildman–Crippen LogP) is 2.82. The molecule has 3 atom stereocenters. The summed E-state index contributed by atoms with van der Waals surface area (Å²) in [6, 6.07) is 6.29. The lowest BCUT2D eigenvalue weighted by atomic mass is 9.93. The van der Waals surface area contributed by atoms with Crippen LogP contribution in [0.25, 0.3) is 11.1 Å². The van der Waals surface area contributed by atoms with E-state index in [2.05, 4.69) is 27.4 Å². The number of hydrogen-bond donors (Lipinski definition) is 1. The number of morpholine rings is 1. The maximum Gasteiger partial charge on any atom is 0.298 e. The number of rotatable bonds is 3. The first-order chi connectivity index (χ1) is 12.3. The molecule has 2 bridgehead atoms. The van der Waals surface area contributed by atoms with E-state index in [1.165, 1.54) is 0 Å². The normalized spacial score (nSPS) is 28.0. The van der Waals surface area contributed by atoms with Crippen molar-refractivity contribution in [2.75, 3.05) is 36.5 Å². The van der Waals surface area contributed by atoms with Crippen LogP contribution in [0.3, 0.4) is 0 Å². The van der Waals surface area contributed by atoms with Gasteiger partial charge in [0.1, 0.15) is 5.52 Å². The van der Waals surface area contributed by atoms with Crippen molar-refractivity contribution in [2.24, 2.45) is 17.8 Å². The lowest BCUT2D eigenvalue weighted by Gasteiger charge is -2.24. The molecule has 0 unspecified atom stereocenters. The molecule has 2 aromatic rings. The lowest BCUT2D eigenvalue weighted by molar-refractivity contribution is -0.120. The fourth-order valence-electron chi connectivity index (χ4n) is 4.20. The van der Waals surface area contributed by atoms with Gasteiger partial charge < -0.3 is 19.4 Å². The Hall–Kier alpha value is -2.34. The van der Waals surface area contributed by atoms with Gasteiger partial charge >= 0.3 is 0 Å².